The second-order valence-corrected chi connectivity index (χ2v) is 5.80. The number of benzene rings is 1. The van der Waals surface area contributed by atoms with Crippen LogP contribution in [0.15, 0.2) is 18.2 Å². The maximum Gasteiger partial charge on any atom is 0.407 e. The Kier molecular flexibility index (Phi) is 6.39. The summed E-state index contributed by atoms with van der Waals surface area (Å²) in [7, 11) is 1.58. The molecule has 0 aromatic heterocycles. The Morgan fingerprint density at radius 1 is 1.33 bits per heavy atom. The Morgan fingerprint density at radius 2 is 2.05 bits per heavy atom. The molecule has 0 atom stereocenters. The van der Waals surface area contributed by atoms with E-state index in [4.69, 9.17) is 21.1 Å². The fourth-order valence-electron chi connectivity index (χ4n) is 1.46. The van der Waals surface area contributed by atoms with Crippen LogP contribution in [-0.4, -0.2) is 25.3 Å². The van der Waals surface area contributed by atoms with Crippen LogP contribution in [0.3, 0.4) is 0 Å². The number of ether oxygens (including phenoxy) is 2. The van der Waals surface area contributed by atoms with Crippen LogP contribution in [-0.2, 0) is 4.74 Å². The van der Waals surface area contributed by atoms with E-state index < -0.39 is 11.7 Å². The summed E-state index contributed by atoms with van der Waals surface area (Å²) in [5.74, 6) is 6.60. The van der Waals surface area contributed by atoms with Gasteiger partial charge in [-0.3, -0.25) is 0 Å². The van der Waals surface area contributed by atoms with Crippen LogP contribution < -0.4 is 10.1 Å². The first-order chi connectivity index (χ1) is 9.80. The lowest BCUT2D eigenvalue weighted by Crippen LogP contribution is -2.32. The minimum Gasteiger partial charge on any atom is -0.497 e. The molecule has 1 aromatic carbocycles. The van der Waals surface area contributed by atoms with Gasteiger partial charge in [-0.1, -0.05) is 23.4 Å². The van der Waals surface area contributed by atoms with Gasteiger partial charge in [-0.2, -0.15) is 0 Å². The molecule has 5 heteroatoms. The summed E-state index contributed by atoms with van der Waals surface area (Å²) >= 11 is 5.95. The molecule has 1 amide bonds. The van der Waals surface area contributed by atoms with Crippen LogP contribution in [0.25, 0.3) is 0 Å². The SMILES string of the molecule is COc1cc(Cl)cc(C#CCCNC(=O)OC(C)(C)C)c1. The van der Waals surface area contributed by atoms with Crippen molar-refractivity contribution in [3.05, 3.63) is 28.8 Å². The Balaban J connectivity index is 2.43. The molecule has 114 valence electrons. The van der Waals surface area contributed by atoms with E-state index >= 15 is 0 Å². The zero-order chi connectivity index (χ0) is 15.9. The van der Waals surface area contributed by atoms with Gasteiger partial charge in [0.1, 0.15) is 11.4 Å². The smallest absolute Gasteiger partial charge is 0.407 e. The van der Waals surface area contributed by atoms with E-state index in [1.54, 1.807) is 25.3 Å². The highest BCUT2D eigenvalue weighted by molar-refractivity contribution is 6.30. The van der Waals surface area contributed by atoms with Gasteiger partial charge in [0.2, 0.25) is 0 Å². The molecule has 1 N–H and O–H groups in total. The first-order valence-electron chi connectivity index (χ1n) is 6.60. The van der Waals surface area contributed by atoms with E-state index in [9.17, 15) is 4.79 Å². The summed E-state index contributed by atoms with van der Waals surface area (Å²) in [6.45, 7) is 5.89. The predicted molar refractivity (Wildman–Crippen MR) is 83.7 cm³/mol. The third-order valence-electron chi connectivity index (χ3n) is 2.26. The fraction of sp³-hybridized carbons (Fsp3) is 0.438. The number of alkyl carbamates (subject to hydrolysis) is 1. The van der Waals surface area contributed by atoms with Gasteiger partial charge >= 0.3 is 6.09 Å². The molecule has 0 unspecified atom stereocenters. The standard InChI is InChI=1S/C16H20ClNO3/c1-16(2,3)21-15(19)18-8-6-5-7-12-9-13(17)11-14(10-12)20-4/h9-11H,6,8H2,1-4H3,(H,18,19). The van der Waals surface area contributed by atoms with Crippen LogP contribution in [0, 0.1) is 11.8 Å². The molecular weight excluding hydrogens is 290 g/mol. The third-order valence-corrected chi connectivity index (χ3v) is 2.48. The number of carbonyl (C=O) groups excluding carboxylic acids is 1. The van der Waals surface area contributed by atoms with Crippen molar-refractivity contribution in [2.24, 2.45) is 0 Å². The van der Waals surface area contributed by atoms with Crippen molar-refractivity contribution in [3.8, 4) is 17.6 Å². The van der Waals surface area contributed by atoms with E-state index in [-0.39, 0.29) is 0 Å². The first-order valence-corrected chi connectivity index (χ1v) is 6.98. The average molecular weight is 310 g/mol. The quantitative estimate of drug-likeness (QED) is 0.685. The molecule has 0 bridgehead atoms. The lowest BCUT2D eigenvalue weighted by Gasteiger charge is -2.19. The van der Waals surface area contributed by atoms with Gasteiger partial charge in [-0.05, 0) is 39.0 Å². The zero-order valence-electron chi connectivity index (χ0n) is 12.7. The molecule has 1 aromatic rings. The van der Waals surface area contributed by atoms with E-state index in [0.29, 0.717) is 23.7 Å². The van der Waals surface area contributed by atoms with Gasteiger partial charge in [0.25, 0.3) is 0 Å². The number of amides is 1. The van der Waals surface area contributed by atoms with Gasteiger partial charge in [0, 0.05) is 23.6 Å². The van der Waals surface area contributed by atoms with Gasteiger partial charge < -0.3 is 14.8 Å². The average Bonchev–Trinajstić information content (AvgIpc) is 2.35. The highest BCUT2D eigenvalue weighted by Crippen LogP contribution is 2.19. The molecule has 4 nitrogen and oxygen atoms in total. The topological polar surface area (TPSA) is 47.6 Å². The molecule has 0 aliphatic heterocycles. The van der Waals surface area contributed by atoms with Crippen LogP contribution in [0.5, 0.6) is 5.75 Å². The third kappa shape index (κ3) is 7.48. The lowest BCUT2D eigenvalue weighted by molar-refractivity contribution is 0.0529. The number of methoxy groups -OCH3 is 1. The van der Waals surface area contributed by atoms with Crippen molar-refractivity contribution in [2.45, 2.75) is 32.8 Å². The van der Waals surface area contributed by atoms with Crippen LogP contribution in [0.2, 0.25) is 5.02 Å². The number of nitrogens with one attached hydrogen (secondary N) is 1. The predicted octanol–water partition coefficient (Wildman–Crippen LogP) is 3.61. The molecule has 0 saturated carbocycles. The molecule has 0 aliphatic rings. The summed E-state index contributed by atoms with van der Waals surface area (Å²) in [6.07, 6.45) is 0.0855. The number of hydrogen-bond acceptors (Lipinski definition) is 3. The largest absolute Gasteiger partial charge is 0.497 e. The first kappa shape index (κ1) is 17.2. The summed E-state index contributed by atoms with van der Waals surface area (Å²) < 4.78 is 10.2. The number of carbonyl (C=O) groups is 1. The van der Waals surface area contributed by atoms with Crippen LogP contribution >= 0.6 is 11.6 Å². The van der Waals surface area contributed by atoms with Gasteiger partial charge in [-0.25, -0.2) is 4.79 Å². The van der Waals surface area contributed by atoms with E-state index in [0.717, 1.165) is 5.56 Å². The maximum atomic E-state index is 11.4. The summed E-state index contributed by atoms with van der Waals surface area (Å²) in [5.41, 5.74) is 0.282. The monoisotopic (exact) mass is 309 g/mol. The molecule has 0 spiro atoms. The van der Waals surface area contributed by atoms with Crippen molar-refractivity contribution in [2.75, 3.05) is 13.7 Å². The Bertz CT molecular complexity index is 553. The number of hydrogen-bond donors (Lipinski definition) is 1. The highest BCUT2D eigenvalue weighted by Gasteiger charge is 2.15. The van der Waals surface area contributed by atoms with Gasteiger partial charge in [-0.15, -0.1) is 0 Å². The summed E-state index contributed by atoms with van der Waals surface area (Å²) in [6, 6.07) is 5.29. The Labute approximate surface area is 130 Å². The molecule has 21 heavy (non-hydrogen) atoms. The van der Waals surface area contributed by atoms with Crippen molar-refractivity contribution >= 4 is 17.7 Å². The minimum absolute atomic E-state index is 0.430. The fourth-order valence-corrected chi connectivity index (χ4v) is 1.68. The van der Waals surface area contributed by atoms with E-state index in [1.807, 2.05) is 20.8 Å². The van der Waals surface area contributed by atoms with Crippen molar-refractivity contribution in [1.82, 2.24) is 5.32 Å². The van der Waals surface area contributed by atoms with Crippen LogP contribution in [0.4, 0.5) is 4.79 Å². The lowest BCUT2D eigenvalue weighted by atomic mass is 10.2. The zero-order valence-corrected chi connectivity index (χ0v) is 13.5. The molecule has 0 aliphatic carbocycles. The molecule has 0 radical (unpaired) electrons. The molecular formula is C16H20ClNO3. The van der Waals surface area contributed by atoms with E-state index in [2.05, 4.69) is 17.2 Å². The molecule has 0 fully saturated rings. The summed E-state index contributed by atoms with van der Waals surface area (Å²) in [4.78, 5) is 11.4. The second-order valence-electron chi connectivity index (χ2n) is 5.36. The van der Waals surface area contributed by atoms with Gasteiger partial charge in [0.15, 0.2) is 0 Å². The molecule has 0 saturated heterocycles. The Hall–Kier alpha value is -1.86. The van der Waals surface area contributed by atoms with Crippen molar-refractivity contribution in [1.29, 1.82) is 0 Å². The number of rotatable bonds is 3. The van der Waals surface area contributed by atoms with E-state index in [1.165, 1.54) is 0 Å². The number of halogens is 1. The highest BCUT2D eigenvalue weighted by atomic mass is 35.5. The second kappa shape index (κ2) is 7.80. The van der Waals surface area contributed by atoms with Crippen molar-refractivity contribution in [3.63, 3.8) is 0 Å². The Morgan fingerprint density at radius 3 is 2.67 bits per heavy atom. The van der Waals surface area contributed by atoms with Crippen LogP contribution in [0.1, 0.15) is 32.8 Å². The van der Waals surface area contributed by atoms with Crippen molar-refractivity contribution < 1.29 is 14.3 Å². The minimum atomic E-state index is -0.493. The van der Waals surface area contributed by atoms with Gasteiger partial charge in [0.05, 0.1) is 7.11 Å². The normalized spacial score (nSPS) is 10.3. The summed E-state index contributed by atoms with van der Waals surface area (Å²) in [5, 5.41) is 3.22. The molecule has 0 heterocycles. The molecule has 1 rings (SSSR count). The maximum absolute atomic E-state index is 11.4.